The van der Waals surface area contributed by atoms with Crippen LogP contribution in [0.3, 0.4) is 0 Å². The van der Waals surface area contributed by atoms with Crippen molar-refractivity contribution in [1.82, 2.24) is 4.98 Å². The van der Waals surface area contributed by atoms with Crippen molar-refractivity contribution in [3.63, 3.8) is 0 Å². The number of anilines is 1. The van der Waals surface area contributed by atoms with Gasteiger partial charge in [0.2, 0.25) is 5.91 Å². The van der Waals surface area contributed by atoms with E-state index in [9.17, 15) is 9.18 Å². The first-order valence-corrected chi connectivity index (χ1v) is 10.6. The molecule has 3 nitrogen and oxygen atoms in total. The smallest absolute Gasteiger partial charge is 0.234 e. The van der Waals surface area contributed by atoms with Gasteiger partial charge in [-0.3, -0.25) is 4.79 Å². The standard InChI is InChI=1S/C23H18ClFN2OS/c24-18-5-10-21-17(11-18)12-22(27-21)16-3-8-20(9-4-16)26-23(28)14-29-13-15-1-6-19(25)7-2-15/h1-12,27H,13-14H2,(H,26,28). The SMILES string of the molecule is O=C(CSCc1ccc(F)cc1)Nc1ccc(-c2cc3cc(Cl)ccc3[nH]2)cc1. The summed E-state index contributed by atoms with van der Waals surface area (Å²) >= 11 is 7.54. The molecule has 1 aromatic heterocycles. The third-order valence-corrected chi connectivity index (χ3v) is 5.72. The van der Waals surface area contributed by atoms with Crippen LogP contribution in [-0.2, 0) is 10.5 Å². The number of aromatic nitrogens is 1. The van der Waals surface area contributed by atoms with Gasteiger partial charge in [-0.1, -0.05) is 35.9 Å². The molecule has 146 valence electrons. The van der Waals surface area contributed by atoms with Gasteiger partial charge in [0.15, 0.2) is 0 Å². The fraction of sp³-hybridized carbons (Fsp3) is 0.0870. The lowest BCUT2D eigenvalue weighted by molar-refractivity contribution is -0.113. The third kappa shape index (κ3) is 5.00. The maximum atomic E-state index is 12.9. The number of carbonyl (C=O) groups is 1. The van der Waals surface area contributed by atoms with Crippen molar-refractivity contribution in [2.24, 2.45) is 0 Å². The molecule has 0 aliphatic heterocycles. The molecule has 0 radical (unpaired) electrons. The van der Waals surface area contributed by atoms with Crippen molar-refractivity contribution < 1.29 is 9.18 Å². The van der Waals surface area contributed by atoms with Gasteiger partial charge in [-0.25, -0.2) is 4.39 Å². The molecule has 1 amide bonds. The summed E-state index contributed by atoms with van der Waals surface area (Å²) in [6.07, 6.45) is 0. The number of amides is 1. The van der Waals surface area contributed by atoms with Crippen molar-refractivity contribution in [2.45, 2.75) is 5.75 Å². The molecule has 0 atom stereocenters. The predicted molar refractivity (Wildman–Crippen MR) is 120 cm³/mol. The van der Waals surface area contributed by atoms with Gasteiger partial charge in [0, 0.05) is 33.1 Å². The second kappa shape index (κ2) is 8.72. The molecule has 0 aliphatic carbocycles. The summed E-state index contributed by atoms with van der Waals surface area (Å²) in [7, 11) is 0. The monoisotopic (exact) mass is 424 g/mol. The highest BCUT2D eigenvalue weighted by atomic mass is 35.5. The Hall–Kier alpha value is -2.76. The first kappa shape index (κ1) is 19.6. The zero-order chi connectivity index (χ0) is 20.2. The summed E-state index contributed by atoms with van der Waals surface area (Å²) in [4.78, 5) is 15.5. The van der Waals surface area contributed by atoms with Crippen molar-refractivity contribution in [3.8, 4) is 11.3 Å². The van der Waals surface area contributed by atoms with Gasteiger partial charge in [-0.2, -0.15) is 0 Å². The van der Waals surface area contributed by atoms with E-state index in [0.717, 1.165) is 33.4 Å². The zero-order valence-electron chi connectivity index (χ0n) is 15.4. The lowest BCUT2D eigenvalue weighted by Gasteiger charge is -2.06. The highest BCUT2D eigenvalue weighted by Crippen LogP contribution is 2.27. The van der Waals surface area contributed by atoms with Crippen LogP contribution in [0.5, 0.6) is 0 Å². The fourth-order valence-electron chi connectivity index (χ4n) is 3.03. The average molecular weight is 425 g/mol. The molecule has 0 fully saturated rings. The van der Waals surface area contributed by atoms with Crippen LogP contribution >= 0.6 is 23.4 Å². The third-order valence-electron chi connectivity index (χ3n) is 4.48. The van der Waals surface area contributed by atoms with E-state index in [1.807, 2.05) is 42.5 Å². The van der Waals surface area contributed by atoms with Gasteiger partial charge in [0.25, 0.3) is 0 Å². The molecule has 0 spiro atoms. The number of thioether (sulfide) groups is 1. The molecule has 1 heterocycles. The predicted octanol–water partition coefficient (Wildman–Crippen LogP) is 6.50. The van der Waals surface area contributed by atoms with Crippen LogP contribution in [-0.4, -0.2) is 16.6 Å². The minimum absolute atomic E-state index is 0.0647. The zero-order valence-corrected chi connectivity index (χ0v) is 17.0. The molecule has 0 bridgehead atoms. The lowest BCUT2D eigenvalue weighted by atomic mass is 10.1. The molecule has 4 aromatic rings. The summed E-state index contributed by atoms with van der Waals surface area (Å²) in [6, 6.07) is 21.8. The first-order chi connectivity index (χ1) is 14.1. The number of hydrogen-bond donors (Lipinski definition) is 2. The molecule has 4 rings (SSSR count). The van der Waals surface area contributed by atoms with Crippen LogP contribution in [0.1, 0.15) is 5.56 Å². The van der Waals surface area contributed by atoms with Crippen molar-refractivity contribution in [1.29, 1.82) is 0 Å². The van der Waals surface area contributed by atoms with Gasteiger partial charge >= 0.3 is 0 Å². The highest BCUT2D eigenvalue weighted by Gasteiger charge is 2.06. The molecule has 6 heteroatoms. The Kier molecular flexibility index (Phi) is 5.88. The molecule has 29 heavy (non-hydrogen) atoms. The van der Waals surface area contributed by atoms with E-state index < -0.39 is 0 Å². The van der Waals surface area contributed by atoms with E-state index in [2.05, 4.69) is 16.4 Å². The Morgan fingerprint density at radius 1 is 1.00 bits per heavy atom. The lowest BCUT2D eigenvalue weighted by Crippen LogP contribution is -2.14. The van der Waals surface area contributed by atoms with Crippen LogP contribution in [0, 0.1) is 5.82 Å². The van der Waals surface area contributed by atoms with Crippen molar-refractivity contribution >= 4 is 45.9 Å². The quantitative estimate of drug-likeness (QED) is 0.371. The number of halogens is 2. The second-order valence-corrected chi connectivity index (χ2v) is 8.08. The van der Waals surface area contributed by atoms with Crippen LogP contribution < -0.4 is 5.32 Å². The number of benzene rings is 3. The maximum absolute atomic E-state index is 12.9. The second-order valence-electron chi connectivity index (χ2n) is 6.66. The van der Waals surface area contributed by atoms with Crippen molar-refractivity contribution in [3.05, 3.63) is 89.2 Å². The largest absolute Gasteiger partial charge is 0.355 e. The van der Waals surface area contributed by atoms with Gasteiger partial charge in [0.1, 0.15) is 5.82 Å². The van der Waals surface area contributed by atoms with E-state index in [4.69, 9.17) is 11.6 Å². The van der Waals surface area contributed by atoms with E-state index in [1.54, 1.807) is 12.1 Å². The minimum Gasteiger partial charge on any atom is -0.355 e. The first-order valence-electron chi connectivity index (χ1n) is 9.07. The molecule has 2 N–H and O–H groups in total. The summed E-state index contributed by atoms with van der Waals surface area (Å²) in [6.45, 7) is 0. The molecule has 0 saturated heterocycles. The average Bonchev–Trinajstić information content (AvgIpc) is 3.13. The molecular weight excluding hydrogens is 407 g/mol. The van der Waals surface area contributed by atoms with Crippen LogP contribution in [0.25, 0.3) is 22.2 Å². The summed E-state index contributed by atoms with van der Waals surface area (Å²) in [5.41, 5.74) is 4.80. The van der Waals surface area contributed by atoms with Gasteiger partial charge < -0.3 is 10.3 Å². The summed E-state index contributed by atoms with van der Waals surface area (Å²) in [5, 5.41) is 4.67. The van der Waals surface area contributed by atoms with Crippen LogP contribution in [0.4, 0.5) is 10.1 Å². The normalized spacial score (nSPS) is 11.0. The fourth-order valence-corrected chi connectivity index (χ4v) is 4.00. The van der Waals surface area contributed by atoms with E-state index >= 15 is 0 Å². The van der Waals surface area contributed by atoms with Crippen LogP contribution in [0.2, 0.25) is 5.02 Å². The molecular formula is C23H18ClFN2OS. The highest BCUT2D eigenvalue weighted by molar-refractivity contribution is 7.99. The van der Waals surface area contributed by atoms with E-state index in [1.165, 1.54) is 23.9 Å². The number of hydrogen-bond acceptors (Lipinski definition) is 2. The summed E-state index contributed by atoms with van der Waals surface area (Å²) < 4.78 is 12.9. The molecule has 0 aliphatic rings. The Labute approximate surface area is 177 Å². The number of aromatic amines is 1. The Morgan fingerprint density at radius 2 is 1.76 bits per heavy atom. The van der Waals surface area contributed by atoms with Gasteiger partial charge in [-0.15, -0.1) is 11.8 Å². The minimum atomic E-state index is -0.254. The van der Waals surface area contributed by atoms with Crippen LogP contribution in [0.15, 0.2) is 72.8 Å². The number of nitrogens with one attached hydrogen (secondary N) is 2. The van der Waals surface area contributed by atoms with E-state index in [-0.39, 0.29) is 11.7 Å². The topological polar surface area (TPSA) is 44.9 Å². The number of H-pyrrole nitrogens is 1. The Balaban J connectivity index is 1.33. The Morgan fingerprint density at radius 3 is 2.52 bits per heavy atom. The molecule has 0 unspecified atom stereocenters. The van der Waals surface area contributed by atoms with Crippen molar-refractivity contribution in [2.75, 3.05) is 11.1 Å². The van der Waals surface area contributed by atoms with Gasteiger partial charge in [0.05, 0.1) is 5.75 Å². The van der Waals surface area contributed by atoms with E-state index in [0.29, 0.717) is 16.5 Å². The van der Waals surface area contributed by atoms with Gasteiger partial charge in [-0.05, 0) is 59.7 Å². The number of fused-ring (bicyclic) bond motifs is 1. The number of carbonyl (C=O) groups excluding carboxylic acids is 1. The maximum Gasteiger partial charge on any atom is 0.234 e. The number of rotatable bonds is 6. The summed E-state index contributed by atoms with van der Waals surface area (Å²) in [5.74, 6) is 0.681. The molecule has 0 saturated carbocycles. The molecule has 3 aromatic carbocycles. The Bertz CT molecular complexity index is 1140.